The van der Waals surface area contributed by atoms with Crippen LogP contribution in [-0.2, 0) is 4.79 Å². The maximum absolute atomic E-state index is 13.2. The number of aliphatic hydroxyl groups is 1. The lowest BCUT2D eigenvalue weighted by Crippen LogP contribution is -2.47. The Hall–Kier alpha value is -1.62. The lowest BCUT2D eigenvalue weighted by molar-refractivity contribution is -0.123. The topological polar surface area (TPSA) is 52.6 Å². The fourth-order valence-electron chi connectivity index (χ4n) is 2.19. The molecule has 0 bridgehead atoms. The van der Waals surface area contributed by atoms with E-state index in [1.165, 1.54) is 12.1 Å². The molecule has 2 rings (SSSR count). The van der Waals surface area contributed by atoms with Gasteiger partial charge in [-0.05, 0) is 31.5 Å². The first-order valence-corrected chi connectivity index (χ1v) is 6.05. The van der Waals surface area contributed by atoms with E-state index in [2.05, 4.69) is 5.32 Å². The van der Waals surface area contributed by atoms with E-state index in [0.717, 1.165) is 6.42 Å². The van der Waals surface area contributed by atoms with Gasteiger partial charge in [0.05, 0.1) is 6.61 Å². The summed E-state index contributed by atoms with van der Waals surface area (Å²) >= 11 is 0. The van der Waals surface area contributed by atoms with Gasteiger partial charge in [0.25, 0.3) is 0 Å². The molecule has 2 atom stereocenters. The number of rotatable bonds is 2. The number of aliphatic hydroxyl groups excluding tert-OH is 1. The summed E-state index contributed by atoms with van der Waals surface area (Å²) in [5.41, 5.74) is 0.623. The van der Waals surface area contributed by atoms with Crippen molar-refractivity contribution in [1.29, 1.82) is 0 Å². The van der Waals surface area contributed by atoms with E-state index >= 15 is 0 Å². The highest BCUT2D eigenvalue weighted by molar-refractivity contribution is 5.86. The molecule has 1 aliphatic heterocycles. The Labute approximate surface area is 105 Å². The van der Waals surface area contributed by atoms with Crippen LogP contribution in [0.25, 0.3) is 0 Å². The maximum atomic E-state index is 13.2. The molecule has 2 N–H and O–H groups in total. The van der Waals surface area contributed by atoms with Crippen LogP contribution in [0.2, 0.25) is 0 Å². The molecule has 1 saturated heterocycles. The van der Waals surface area contributed by atoms with Crippen LogP contribution in [0.15, 0.2) is 24.3 Å². The van der Waals surface area contributed by atoms with Crippen molar-refractivity contribution in [3.8, 4) is 0 Å². The first-order valence-electron chi connectivity index (χ1n) is 6.05. The standard InChI is InChI=1S/C13H17FN2O2/c1-9-5-6-16(12(8-17)13(18)15-9)11-4-2-3-10(14)7-11/h2-4,7,9,12,17H,5-6,8H2,1H3,(H,15,18). The van der Waals surface area contributed by atoms with Crippen molar-refractivity contribution in [1.82, 2.24) is 5.32 Å². The number of carbonyl (C=O) groups is 1. The van der Waals surface area contributed by atoms with E-state index in [-0.39, 0.29) is 24.4 Å². The molecular formula is C13H17FN2O2. The zero-order chi connectivity index (χ0) is 13.1. The van der Waals surface area contributed by atoms with Gasteiger partial charge in [0, 0.05) is 18.3 Å². The molecule has 1 aromatic carbocycles. The van der Waals surface area contributed by atoms with Crippen LogP contribution in [0.1, 0.15) is 13.3 Å². The molecule has 4 nitrogen and oxygen atoms in total. The van der Waals surface area contributed by atoms with Crippen LogP contribution in [0.4, 0.5) is 10.1 Å². The minimum Gasteiger partial charge on any atom is -0.394 e. The number of benzene rings is 1. The Balaban J connectivity index is 2.31. The van der Waals surface area contributed by atoms with Crippen molar-refractivity contribution in [3.05, 3.63) is 30.1 Å². The lowest BCUT2D eigenvalue weighted by Gasteiger charge is -2.29. The van der Waals surface area contributed by atoms with Gasteiger partial charge in [-0.1, -0.05) is 6.07 Å². The highest BCUT2D eigenvalue weighted by Gasteiger charge is 2.29. The Morgan fingerprint density at radius 1 is 1.56 bits per heavy atom. The second kappa shape index (κ2) is 5.35. The number of amides is 1. The highest BCUT2D eigenvalue weighted by Crippen LogP contribution is 2.21. The molecule has 0 radical (unpaired) electrons. The number of halogens is 1. The molecule has 0 saturated carbocycles. The monoisotopic (exact) mass is 252 g/mol. The molecule has 1 amide bonds. The summed E-state index contributed by atoms with van der Waals surface area (Å²) in [4.78, 5) is 13.7. The molecule has 98 valence electrons. The van der Waals surface area contributed by atoms with E-state index in [4.69, 9.17) is 0 Å². The summed E-state index contributed by atoms with van der Waals surface area (Å²) in [5.74, 6) is -0.561. The van der Waals surface area contributed by atoms with Crippen LogP contribution in [0.3, 0.4) is 0 Å². The minimum absolute atomic E-state index is 0.0603. The number of carbonyl (C=O) groups excluding carboxylic acids is 1. The molecule has 2 unspecified atom stereocenters. The van der Waals surface area contributed by atoms with E-state index in [1.807, 2.05) is 6.92 Å². The van der Waals surface area contributed by atoms with Crippen LogP contribution in [0, 0.1) is 5.82 Å². The smallest absolute Gasteiger partial charge is 0.245 e. The number of nitrogens with zero attached hydrogens (tertiary/aromatic N) is 1. The third-order valence-corrected chi connectivity index (χ3v) is 3.18. The van der Waals surface area contributed by atoms with Crippen molar-refractivity contribution in [2.24, 2.45) is 0 Å². The van der Waals surface area contributed by atoms with Crippen molar-refractivity contribution < 1.29 is 14.3 Å². The second-order valence-electron chi connectivity index (χ2n) is 4.57. The van der Waals surface area contributed by atoms with Crippen molar-refractivity contribution >= 4 is 11.6 Å². The number of nitrogens with one attached hydrogen (secondary N) is 1. The SMILES string of the molecule is CC1CCN(c2cccc(F)c2)C(CO)C(=O)N1. The normalized spacial score (nSPS) is 24.6. The largest absolute Gasteiger partial charge is 0.394 e. The number of anilines is 1. The van der Waals surface area contributed by atoms with Gasteiger partial charge in [0.2, 0.25) is 5.91 Å². The van der Waals surface area contributed by atoms with Crippen LogP contribution >= 0.6 is 0 Å². The zero-order valence-corrected chi connectivity index (χ0v) is 10.3. The molecule has 0 aromatic heterocycles. The lowest BCUT2D eigenvalue weighted by atomic mass is 10.2. The van der Waals surface area contributed by atoms with Crippen LogP contribution in [0.5, 0.6) is 0 Å². The number of hydrogen-bond acceptors (Lipinski definition) is 3. The zero-order valence-electron chi connectivity index (χ0n) is 10.3. The third kappa shape index (κ3) is 2.61. The summed E-state index contributed by atoms with van der Waals surface area (Å²) in [6, 6.07) is 5.49. The molecular weight excluding hydrogens is 235 g/mol. The third-order valence-electron chi connectivity index (χ3n) is 3.18. The van der Waals surface area contributed by atoms with E-state index in [1.54, 1.807) is 17.0 Å². The molecule has 18 heavy (non-hydrogen) atoms. The average Bonchev–Trinajstić information content (AvgIpc) is 2.47. The first-order chi connectivity index (χ1) is 8.61. The molecule has 1 heterocycles. The van der Waals surface area contributed by atoms with Crippen molar-refractivity contribution in [2.75, 3.05) is 18.1 Å². The summed E-state index contributed by atoms with van der Waals surface area (Å²) < 4.78 is 13.2. The van der Waals surface area contributed by atoms with E-state index in [9.17, 15) is 14.3 Å². The van der Waals surface area contributed by atoms with Gasteiger partial charge in [0.1, 0.15) is 11.9 Å². The van der Waals surface area contributed by atoms with E-state index in [0.29, 0.717) is 12.2 Å². The minimum atomic E-state index is -0.656. The molecule has 1 aliphatic rings. The Morgan fingerprint density at radius 2 is 2.33 bits per heavy atom. The highest BCUT2D eigenvalue weighted by atomic mass is 19.1. The quantitative estimate of drug-likeness (QED) is 0.822. The summed E-state index contributed by atoms with van der Waals surface area (Å²) in [6.07, 6.45) is 0.763. The summed E-state index contributed by atoms with van der Waals surface area (Å²) in [6.45, 7) is 2.24. The average molecular weight is 252 g/mol. The predicted octanol–water partition coefficient (Wildman–Crippen LogP) is 0.901. The number of hydrogen-bond donors (Lipinski definition) is 2. The van der Waals surface area contributed by atoms with Gasteiger partial charge in [-0.15, -0.1) is 0 Å². The van der Waals surface area contributed by atoms with Gasteiger partial charge in [-0.2, -0.15) is 0 Å². The first kappa shape index (κ1) is 12.8. The summed E-state index contributed by atoms with van der Waals surface area (Å²) in [5, 5.41) is 12.2. The molecule has 5 heteroatoms. The van der Waals surface area contributed by atoms with Gasteiger partial charge < -0.3 is 15.3 Å². The maximum Gasteiger partial charge on any atom is 0.245 e. The van der Waals surface area contributed by atoms with E-state index < -0.39 is 6.04 Å². The van der Waals surface area contributed by atoms with Crippen LogP contribution in [-0.4, -0.2) is 36.2 Å². The predicted molar refractivity (Wildman–Crippen MR) is 66.8 cm³/mol. The fraction of sp³-hybridized carbons (Fsp3) is 0.462. The second-order valence-corrected chi connectivity index (χ2v) is 4.57. The fourth-order valence-corrected chi connectivity index (χ4v) is 2.19. The molecule has 1 aromatic rings. The van der Waals surface area contributed by atoms with Crippen LogP contribution < -0.4 is 10.2 Å². The van der Waals surface area contributed by atoms with Crippen molar-refractivity contribution in [3.63, 3.8) is 0 Å². The molecule has 0 aliphatic carbocycles. The summed E-state index contributed by atoms with van der Waals surface area (Å²) in [7, 11) is 0. The Morgan fingerprint density at radius 3 is 3.00 bits per heavy atom. The van der Waals surface area contributed by atoms with Crippen molar-refractivity contribution in [2.45, 2.75) is 25.4 Å². The van der Waals surface area contributed by atoms with Gasteiger partial charge in [-0.25, -0.2) is 4.39 Å². The van der Waals surface area contributed by atoms with Gasteiger partial charge >= 0.3 is 0 Å². The molecule has 1 fully saturated rings. The Bertz CT molecular complexity index is 439. The van der Waals surface area contributed by atoms with Gasteiger partial charge in [-0.3, -0.25) is 4.79 Å². The Kier molecular flexibility index (Phi) is 3.81. The van der Waals surface area contributed by atoms with Gasteiger partial charge in [0.15, 0.2) is 0 Å². The molecule has 0 spiro atoms.